The molecule has 0 saturated carbocycles. The van der Waals surface area contributed by atoms with Crippen molar-refractivity contribution in [2.45, 2.75) is 130 Å². The van der Waals surface area contributed by atoms with Gasteiger partial charge in [0.1, 0.15) is 23.8 Å². The number of ether oxygens (including phenoxy) is 1. The van der Waals surface area contributed by atoms with Crippen LogP contribution in [0.25, 0.3) is 0 Å². The molecule has 220 valence electrons. The van der Waals surface area contributed by atoms with Crippen LogP contribution in [0.1, 0.15) is 11.8 Å². The molecular formula is C25H55N3O5Si5. The van der Waals surface area contributed by atoms with Crippen LogP contribution in [0.5, 0.6) is 6.01 Å². The van der Waals surface area contributed by atoms with Gasteiger partial charge in [0.15, 0.2) is 39.4 Å². The van der Waals surface area contributed by atoms with E-state index < -0.39 is 47.7 Å². The molecule has 8 nitrogen and oxygen atoms in total. The van der Waals surface area contributed by atoms with Gasteiger partial charge >= 0.3 is 0 Å². The molecule has 4 atom stereocenters. The Labute approximate surface area is 237 Å². The average Bonchev–Trinajstić information content (AvgIpc) is 2.93. The number of aromatic nitrogens is 2. The predicted molar refractivity (Wildman–Crippen MR) is 169 cm³/mol. The van der Waals surface area contributed by atoms with Crippen LogP contribution in [0.4, 0.5) is 0 Å². The molecule has 0 N–H and O–H groups in total. The first kappa shape index (κ1) is 33.8. The Morgan fingerprint density at radius 1 is 0.789 bits per heavy atom. The fourth-order valence-electron chi connectivity index (χ4n) is 4.00. The third kappa shape index (κ3) is 11.2. The minimum Gasteiger partial charge on any atom is -0.519 e. The van der Waals surface area contributed by atoms with E-state index in [-0.39, 0.29) is 18.3 Å². The van der Waals surface area contributed by atoms with Gasteiger partial charge in [0.2, 0.25) is 8.32 Å². The van der Waals surface area contributed by atoms with Crippen molar-refractivity contribution >= 4 is 41.5 Å². The summed E-state index contributed by atoms with van der Waals surface area (Å²) in [6.07, 6.45) is 0.836. The van der Waals surface area contributed by atoms with Crippen molar-refractivity contribution in [3.8, 4) is 6.01 Å². The number of nitrogens with zero attached hydrogens (tertiary/aromatic N) is 3. The Balaban J connectivity index is 2.73. The Morgan fingerprint density at radius 3 is 1.76 bits per heavy atom. The molecular weight excluding hydrogens is 563 g/mol. The van der Waals surface area contributed by atoms with E-state index in [4.69, 9.17) is 32.1 Å². The lowest BCUT2D eigenvalue weighted by molar-refractivity contribution is -0.0503. The third-order valence-electron chi connectivity index (χ3n) is 5.17. The molecule has 13 heteroatoms. The van der Waals surface area contributed by atoms with Crippen molar-refractivity contribution in [3.63, 3.8) is 0 Å². The fraction of sp³-hybridized carbons (Fsp3) is 0.840. The van der Waals surface area contributed by atoms with E-state index in [0.717, 1.165) is 11.1 Å². The minimum atomic E-state index is -2.01. The third-order valence-corrected chi connectivity index (χ3v) is 9.84. The van der Waals surface area contributed by atoms with Crippen molar-refractivity contribution in [1.29, 1.82) is 0 Å². The van der Waals surface area contributed by atoms with E-state index >= 15 is 0 Å². The van der Waals surface area contributed by atoms with Crippen molar-refractivity contribution < 1.29 is 22.4 Å². The van der Waals surface area contributed by atoms with Crippen molar-refractivity contribution in [2.75, 3.05) is 6.61 Å². The second kappa shape index (κ2) is 11.8. The highest BCUT2D eigenvalue weighted by Gasteiger charge is 2.51. The number of aryl methyl sites for hydroxylation is 1. The molecule has 2 heterocycles. The lowest BCUT2D eigenvalue weighted by atomic mass is 10.1. The van der Waals surface area contributed by atoms with Gasteiger partial charge in [-0.25, -0.2) is 0 Å². The van der Waals surface area contributed by atoms with Crippen LogP contribution in [-0.2, 0) is 18.0 Å². The molecule has 1 aromatic heterocycles. The molecule has 0 aliphatic carbocycles. The zero-order chi connectivity index (χ0) is 29.5. The largest absolute Gasteiger partial charge is 0.519 e. The zero-order valence-electron chi connectivity index (χ0n) is 27.0. The number of hydrogen-bond acceptors (Lipinski definition) is 7. The Kier molecular flexibility index (Phi) is 10.5. The molecule has 1 fully saturated rings. The van der Waals surface area contributed by atoms with E-state index in [1.54, 1.807) is 0 Å². The molecule has 1 saturated heterocycles. The highest BCUT2D eigenvalue weighted by molar-refractivity contribution is 6.74. The quantitative estimate of drug-likeness (QED) is 0.270. The summed E-state index contributed by atoms with van der Waals surface area (Å²) in [6.45, 7) is 35.6. The van der Waals surface area contributed by atoms with Gasteiger partial charge in [-0.15, -0.1) is 0 Å². The highest BCUT2D eigenvalue weighted by Crippen LogP contribution is 2.39. The maximum atomic E-state index is 6.88. The lowest BCUT2D eigenvalue weighted by Gasteiger charge is -2.35. The molecule has 0 aromatic carbocycles. The van der Waals surface area contributed by atoms with Gasteiger partial charge in [0.25, 0.3) is 6.01 Å². The smallest absolute Gasteiger partial charge is 0.286 e. The van der Waals surface area contributed by atoms with E-state index in [9.17, 15) is 0 Å². The van der Waals surface area contributed by atoms with Gasteiger partial charge in [-0.1, -0.05) is 0 Å². The molecule has 0 amide bonds. The number of rotatable bonds is 11. The van der Waals surface area contributed by atoms with E-state index in [1.165, 1.54) is 0 Å². The maximum Gasteiger partial charge on any atom is 0.286 e. The van der Waals surface area contributed by atoms with Crippen LogP contribution in [0.2, 0.25) is 98.2 Å². The van der Waals surface area contributed by atoms with Crippen LogP contribution in [0.3, 0.4) is 0 Å². The Morgan fingerprint density at radius 2 is 1.32 bits per heavy atom. The summed E-state index contributed by atoms with van der Waals surface area (Å²) in [6, 6.07) is 0.541. The molecule has 38 heavy (non-hydrogen) atoms. The van der Waals surface area contributed by atoms with Crippen molar-refractivity contribution in [2.24, 2.45) is 4.66 Å². The summed E-state index contributed by atoms with van der Waals surface area (Å²) in [5.41, 5.74) is 1.75. The topological polar surface area (TPSA) is 76.3 Å². The predicted octanol–water partition coefficient (Wildman–Crippen LogP) is 6.33. The zero-order valence-corrected chi connectivity index (χ0v) is 32.0. The standard InChI is InChI=1S/C25H55N3O5Si5/c1-19-17-28(25(33-38(14,15)16)26-23(19)27-34(2,3)4)24-22(32-37(11,12)13)21(31-36(8,9)10)20(30-24)18-29-35(5,6)7/h17,20-22,24H,18H2,1-16H3/t20-,21-,22-,24?/m0/s1. The molecule has 0 radical (unpaired) electrons. The summed E-state index contributed by atoms with van der Waals surface area (Å²) < 4.78 is 40.5. The second-order valence-electron chi connectivity index (χ2n) is 15.3. The van der Waals surface area contributed by atoms with Crippen molar-refractivity contribution in [1.82, 2.24) is 9.55 Å². The molecule has 1 aromatic rings. The normalized spacial score (nSPS) is 24.3. The van der Waals surface area contributed by atoms with Crippen LogP contribution >= 0.6 is 0 Å². The highest BCUT2D eigenvalue weighted by atomic mass is 28.4. The van der Waals surface area contributed by atoms with Gasteiger partial charge < -0.3 is 27.1 Å². The van der Waals surface area contributed by atoms with Gasteiger partial charge in [-0.2, -0.15) is 4.98 Å². The van der Waals surface area contributed by atoms with Gasteiger partial charge in [0, 0.05) is 11.8 Å². The summed E-state index contributed by atoms with van der Waals surface area (Å²) >= 11 is 0. The molecule has 1 aliphatic rings. The van der Waals surface area contributed by atoms with E-state index in [1.807, 2.05) is 4.57 Å². The SMILES string of the molecule is Cc1cn(C2O[C@@H](CO[Si](C)(C)C)[C@H](O[Si](C)(C)C)[C@@H]2O[Si](C)(C)C)c(O[Si](C)(C)C)nc1=N[Si](C)(C)C. The average molecular weight is 618 g/mol. The van der Waals surface area contributed by atoms with Gasteiger partial charge in [0.05, 0.1) is 6.61 Å². The molecule has 1 unspecified atom stereocenters. The first-order chi connectivity index (χ1) is 16.8. The summed E-state index contributed by atoms with van der Waals surface area (Å²) in [5, 5.41) is 0. The minimum absolute atomic E-state index is 0.242. The van der Waals surface area contributed by atoms with Gasteiger partial charge in [-0.05, 0) is 105 Å². The molecule has 1 aliphatic heterocycles. The fourth-order valence-corrected chi connectivity index (χ4v) is 8.40. The maximum absolute atomic E-state index is 6.88. The number of hydrogen-bond donors (Lipinski definition) is 0. The van der Waals surface area contributed by atoms with E-state index in [2.05, 4.69) is 111 Å². The van der Waals surface area contributed by atoms with Crippen molar-refractivity contribution in [3.05, 3.63) is 17.2 Å². The lowest BCUT2D eigenvalue weighted by Crippen LogP contribution is -2.49. The van der Waals surface area contributed by atoms with Crippen LogP contribution in [0, 0.1) is 6.92 Å². The van der Waals surface area contributed by atoms with Crippen LogP contribution < -0.4 is 9.91 Å². The molecule has 0 bridgehead atoms. The van der Waals surface area contributed by atoms with Gasteiger partial charge in [-0.3, -0.25) is 4.57 Å². The summed E-state index contributed by atoms with van der Waals surface area (Å²) in [5.74, 6) is 0. The first-order valence-electron chi connectivity index (χ1n) is 13.8. The van der Waals surface area contributed by atoms with Crippen LogP contribution in [0.15, 0.2) is 10.9 Å². The summed E-state index contributed by atoms with van der Waals surface area (Å²) in [4.78, 5) is 4.99. The monoisotopic (exact) mass is 617 g/mol. The van der Waals surface area contributed by atoms with Crippen LogP contribution in [-0.4, -0.2) is 76.0 Å². The Hall–Kier alpha value is -0.396. The molecule has 2 rings (SSSR count). The second-order valence-corrected chi connectivity index (χ2v) is 37.7. The Bertz CT molecular complexity index is 1020. The first-order valence-corrected chi connectivity index (χ1v) is 30.9. The molecule has 0 spiro atoms. The summed E-state index contributed by atoms with van der Waals surface area (Å²) in [7, 11) is -9.44. The van der Waals surface area contributed by atoms with E-state index in [0.29, 0.717) is 12.6 Å².